The third-order valence-electron chi connectivity index (χ3n) is 2.44. The number of anilines is 2. The van der Waals surface area contributed by atoms with Gasteiger partial charge in [0.1, 0.15) is 0 Å². The minimum atomic E-state index is 0.0429. The second-order valence-electron chi connectivity index (χ2n) is 3.92. The lowest BCUT2D eigenvalue weighted by molar-refractivity contribution is -0.119. The van der Waals surface area contributed by atoms with Crippen LogP contribution in [0.3, 0.4) is 0 Å². The quantitative estimate of drug-likeness (QED) is 0.833. The molecule has 1 amide bonds. The van der Waals surface area contributed by atoms with E-state index in [-0.39, 0.29) is 11.8 Å². The van der Waals surface area contributed by atoms with Gasteiger partial charge in [-0.3, -0.25) is 4.79 Å². The van der Waals surface area contributed by atoms with Crippen molar-refractivity contribution in [2.45, 2.75) is 26.7 Å². The molecule has 16 heavy (non-hydrogen) atoms. The standard InChI is InChI=1S/C12H17BrN2O/c1-3-4-8(2)12(16)15-9-5-6-11(14)10(13)7-9/h5-8H,3-4,14H2,1-2H3,(H,15,16). The van der Waals surface area contributed by atoms with Crippen molar-refractivity contribution in [1.82, 2.24) is 0 Å². The fourth-order valence-corrected chi connectivity index (χ4v) is 1.81. The van der Waals surface area contributed by atoms with Crippen LogP contribution in [0.15, 0.2) is 22.7 Å². The monoisotopic (exact) mass is 284 g/mol. The molecule has 1 rings (SSSR count). The number of halogens is 1. The number of hydrogen-bond donors (Lipinski definition) is 2. The maximum absolute atomic E-state index is 11.7. The predicted molar refractivity (Wildman–Crippen MR) is 71.3 cm³/mol. The Balaban J connectivity index is 2.66. The summed E-state index contributed by atoms with van der Waals surface area (Å²) in [6.45, 7) is 4.01. The summed E-state index contributed by atoms with van der Waals surface area (Å²) in [4.78, 5) is 11.7. The highest BCUT2D eigenvalue weighted by atomic mass is 79.9. The van der Waals surface area contributed by atoms with Crippen molar-refractivity contribution in [2.24, 2.45) is 5.92 Å². The molecule has 0 heterocycles. The smallest absolute Gasteiger partial charge is 0.227 e. The molecule has 0 spiro atoms. The van der Waals surface area contributed by atoms with Gasteiger partial charge >= 0.3 is 0 Å². The molecule has 0 aliphatic carbocycles. The summed E-state index contributed by atoms with van der Waals surface area (Å²) in [5.74, 6) is 0.0971. The molecular formula is C12H17BrN2O. The molecule has 0 aliphatic rings. The molecule has 3 N–H and O–H groups in total. The molecule has 0 aromatic heterocycles. The van der Waals surface area contributed by atoms with Gasteiger partial charge in [0, 0.05) is 21.8 Å². The van der Waals surface area contributed by atoms with Gasteiger partial charge in [-0.2, -0.15) is 0 Å². The molecule has 1 aromatic rings. The molecule has 0 bridgehead atoms. The third kappa shape index (κ3) is 3.52. The number of hydrogen-bond acceptors (Lipinski definition) is 2. The first-order valence-corrected chi connectivity index (χ1v) is 6.19. The van der Waals surface area contributed by atoms with Crippen LogP contribution in [0.5, 0.6) is 0 Å². The Morgan fingerprint density at radius 3 is 2.81 bits per heavy atom. The van der Waals surface area contributed by atoms with Crippen LogP contribution in [0.4, 0.5) is 11.4 Å². The van der Waals surface area contributed by atoms with Crippen LogP contribution in [0.25, 0.3) is 0 Å². The Labute approximate surface area is 105 Å². The van der Waals surface area contributed by atoms with E-state index < -0.39 is 0 Å². The van der Waals surface area contributed by atoms with Crippen molar-refractivity contribution in [3.63, 3.8) is 0 Å². The van der Waals surface area contributed by atoms with Crippen LogP contribution in [-0.4, -0.2) is 5.91 Å². The normalized spacial score (nSPS) is 12.2. The Morgan fingerprint density at radius 2 is 2.25 bits per heavy atom. The Kier molecular flexibility index (Phi) is 4.80. The second kappa shape index (κ2) is 5.89. The maximum atomic E-state index is 11.7. The molecule has 0 saturated heterocycles. The van der Waals surface area contributed by atoms with E-state index in [1.807, 2.05) is 13.0 Å². The lowest BCUT2D eigenvalue weighted by atomic mass is 10.1. The number of nitrogens with two attached hydrogens (primary N) is 1. The number of carbonyl (C=O) groups excluding carboxylic acids is 1. The van der Waals surface area contributed by atoms with E-state index in [0.29, 0.717) is 5.69 Å². The van der Waals surface area contributed by atoms with Gasteiger partial charge in [-0.25, -0.2) is 0 Å². The molecule has 88 valence electrons. The molecule has 3 nitrogen and oxygen atoms in total. The molecule has 0 fully saturated rings. The highest BCUT2D eigenvalue weighted by molar-refractivity contribution is 9.10. The van der Waals surface area contributed by atoms with Gasteiger partial charge in [-0.1, -0.05) is 20.3 Å². The van der Waals surface area contributed by atoms with Gasteiger partial charge in [0.2, 0.25) is 5.91 Å². The first-order valence-electron chi connectivity index (χ1n) is 5.40. The van der Waals surface area contributed by atoms with Crippen LogP contribution in [0.1, 0.15) is 26.7 Å². The van der Waals surface area contributed by atoms with Gasteiger partial charge < -0.3 is 11.1 Å². The average Bonchev–Trinajstić information content (AvgIpc) is 2.24. The number of benzene rings is 1. The minimum absolute atomic E-state index is 0.0429. The molecule has 0 radical (unpaired) electrons. The molecule has 1 aromatic carbocycles. The van der Waals surface area contributed by atoms with Crippen LogP contribution in [0, 0.1) is 5.92 Å². The van der Waals surface area contributed by atoms with Gasteiger partial charge in [0.15, 0.2) is 0 Å². The van der Waals surface area contributed by atoms with E-state index in [0.717, 1.165) is 23.0 Å². The minimum Gasteiger partial charge on any atom is -0.398 e. The van der Waals surface area contributed by atoms with Crippen molar-refractivity contribution in [3.8, 4) is 0 Å². The number of amides is 1. The lowest BCUT2D eigenvalue weighted by Gasteiger charge is -2.11. The molecular weight excluding hydrogens is 268 g/mol. The Hall–Kier alpha value is -1.03. The largest absolute Gasteiger partial charge is 0.398 e. The summed E-state index contributed by atoms with van der Waals surface area (Å²) >= 11 is 3.33. The zero-order valence-electron chi connectivity index (χ0n) is 9.59. The number of carbonyl (C=O) groups is 1. The van der Waals surface area contributed by atoms with Crippen LogP contribution in [0.2, 0.25) is 0 Å². The summed E-state index contributed by atoms with van der Waals surface area (Å²) in [7, 11) is 0. The summed E-state index contributed by atoms with van der Waals surface area (Å²) in [6, 6.07) is 5.38. The van der Waals surface area contributed by atoms with Crippen molar-refractivity contribution >= 4 is 33.2 Å². The first kappa shape index (κ1) is 13.0. The number of nitrogen functional groups attached to an aromatic ring is 1. The van der Waals surface area contributed by atoms with Crippen LogP contribution in [-0.2, 0) is 4.79 Å². The maximum Gasteiger partial charge on any atom is 0.227 e. The van der Waals surface area contributed by atoms with E-state index in [1.54, 1.807) is 12.1 Å². The fourth-order valence-electron chi connectivity index (χ4n) is 1.43. The van der Waals surface area contributed by atoms with Gasteiger partial charge in [0.25, 0.3) is 0 Å². The molecule has 0 saturated carbocycles. The predicted octanol–water partition coefficient (Wildman–Crippen LogP) is 3.41. The first-order chi connectivity index (χ1) is 7.54. The lowest BCUT2D eigenvalue weighted by Crippen LogP contribution is -2.20. The van der Waals surface area contributed by atoms with Crippen LogP contribution < -0.4 is 11.1 Å². The topological polar surface area (TPSA) is 55.1 Å². The van der Waals surface area contributed by atoms with E-state index in [2.05, 4.69) is 28.2 Å². The third-order valence-corrected chi connectivity index (χ3v) is 3.12. The number of nitrogens with one attached hydrogen (secondary N) is 1. The van der Waals surface area contributed by atoms with E-state index >= 15 is 0 Å². The molecule has 1 unspecified atom stereocenters. The summed E-state index contributed by atoms with van der Waals surface area (Å²) < 4.78 is 0.799. The van der Waals surface area contributed by atoms with Gasteiger partial charge in [0.05, 0.1) is 0 Å². The SMILES string of the molecule is CCCC(C)C(=O)Nc1ccc(N)c(Br)c1. The summed E-state index contributed by atoms with van der Waals surface area (Å²) in [6.07, 6.45) is 1.92. The fraction of sp³-hybridized carbons (Fsp3) is 0.417. The molecule has 4 heteroatoms. The van der Waals surface area contributed by atoms with Crippen molar-refractivity contribution in [3.05, 3.63) is 22.7 Å². The molecule has 1 atom stereocenters. The Bertz CT molecular complexity index is 379. The van der Waals surface area contributed by atoms with Crippen molar-refractivity contribution in [1.29, 1.82) is 0 Å². The molecule has 0 aliphatic heterocycles. The highest BCUT2D eigenvalue weighted by Gasteiger charge is 2.11. The number of rotatable bonds is 4. The van der Waals surface area contributed by atoms with E-state index in [1.165, 1.54) is 0 Å². The zero-order valence-corrected chi connectivity index (χ0v) is 11.2. The Morgan fingerprint density at radius 1 is 1.56 bits per heavy atom. The van der Waals surface area contributed by atoms with E-state index in [9.17, 15) is 4.79 Å². The summed E-state index contributed by atoms with van der Waals surface area (Å²) in [5, 5.41) is 2.87. The van der Waals surface area contributed by atoms with Crippen LogP contribution >= 0.6 is 15.9 Å². The second-order valence-corrected chi connectivity index (χ2v) is 4.77. The van der Waals surface area contributed by atoms with Crippen molar-refractivity contribution in [2.75, 3.05) is 11.1 Å². The van der Waals surface area contributed by atoms with Gasteiger partial charge in [-0.05, 0) is 40.5 Å². The average molecular weight is 285 g/mol. The highest BCUT2D eigenvalue weighted by Crippen LogP contribution is 2.23. The van der Waals surface area contributed by atoms with Gasteiger partial charge in [-0.15, -0.1) is 0 Å². The van der Waals surface area contributed by atoms with Crippen molar-refractivity contribution < 1.29 is 4.79 Å². The summed E-state index contributed by atoms with van der Waals surface area (Å²) in [5.41, 5.74) is 7.11. The van der Waals surface area contributed by atoms with E-state index in [4.69, 9.17) is 5.73 Å². The zero-order chi connectivity index (χ0) is 12.1.